The number of anilines is 1. The minimum Gasteiger partial charge on any atom is -0.384 e. The van der Waals surface area contributed by atoms with Gasteiger partial charge in [0.05, 0.1) is 11.3 Å². The zero-order valence-electron chi connectivity index (χ0n) is 13.2. The van der Waals surface area contributed by atoms with Crippen molar-refractivity contribution in [2.24, 2.45) is 0 Å². The molecule has 1 aromatic rings. The Balaban J connectivity index is 1.33. The summed E-state index contributed by atoms with van der Waals surface area (Å²) in [5.41, 5.74) is 1.18. The van der Waals surface area contributed by atoms with Crippen LogP contribution in [-0.2, 0) is 9.47 Å². The van der Waals surface area contributed by atoms with Crippen LogP contribution >= 0.6 is 0 Å². The number of nitrogens with one attached hydrogen (secondary N) is 2. The molecule has 1 aromatic heterocycles. The molecule has 1 atom stereocenters. The summed E-state index contributed by atoms with van der Waals surface area (Å²) in [6.45, 7) is 4.60. The molecule has 2 aliphatic heterocycles. The molecular weight excluding hydrogens is 278 g/mol. The van der Waals surface area contributed by atoms with Crippen molar-refractivity contribution in [3.8, 4) is 0 Å². The van der Waals surface area contributed by atoms with Gasteiger partial charge in [0.2, 0.25) is 0 Å². The van der Waals surface area contributed by atoms with Crippen LogP contribution in [0.15, 0.2) is 24.5 Å². The first-order chi connectivity index (χ1) is 10.9. The molecule has 3 rings (SSSR count). The second kappa shape index (κ2) is 7.90. The molecular formula is C17H27N3O2. The fourth-order valence-electron chi connectivity index (χ4n) is 3.39. The van der Waals surface area contributed by atoms with E-state index in [2.05, 4.69) is 15.6 Å². The highest BCUT2D eigenvalue weighted by molar-refractivity contribution is 5.39. The summed E-state index contributed by atoms with van der Waals surface area (Å²) in [5, 5.41) is 7.10. The molecule has 0 amide bonds. The van der Waals surface area contributed by atoms with Crippen molar-refractivity contribution in [3.05, 3.63) is 24.5 Å². The van der Waals surface area contributed by atoms with Crippen LogP contribution in [0, 0.1) is 0 Å². The van der Waals surface area contributed by atoms with Gasteiger partial charge >= 0.3 is 0 Å². The van der Waals surface area contributed by atoms with E-state index < -0.39 is 0 Å². The highest BCUT2D eigenvalue weighted by Gasteiger charge is 2.38. The average Bonchev–Trinajstić information content (AvgIpc) is 2.56. The summed E-state index contributed by atoms with van der Waals surface area (Å²) in [7, 11) is 0. The topological polar surface area (TPSA) is 55.4 Å². The Bertz CT molecular complexity index is 429. The van der Waals surface area contributed by atoms with E-state index in [9.17, 15) is 0 Å². The van der Waals surface area contributed by atoms with Crippen molar-refractivity contribution in [2.75, 3.05) is 38.2 Å². The normalized spacial score (nSPS) is 24.3. The minimum atomic E-state index is 0.0854. The Hall–Kier alpha value is -1.17. The molecule has 3 heterocycles. The smallest absolute Gasteiger partial charge is 0.0741 e. The zero-order valence-corrected chi connectivity index (χ0v) is 13.2. The number of rotatable bonds is 6. The average molecular weight is 305 g/mol. The molecule has 0 saturated carbocycles. The van der Waals surface area contributed by atoms with Gasteiger partial charge in [0.1, 0.15) is 0 Å². The van der Waals surface area contributed by atoms with Gasteiger partial charge in [-0.05, 0) is 50.8 Å². The molecule has 2 aliphatic rings. The number of hydrogen-bond donors (Lipinski definition) is 2. The lowest BCUT2D eigenvalue weighted by Crippen LogP contribution is -2.50. The van der Waals surface area contributed by atoms with Gasteiger partial charge in [-0.15, -0.1) is 0 Å². The largest absolute Gasteiger partial charge is 0.384 e. The molecule has 0 unspecified atom stereocenters. The summed E-state index contributed by atoms with van der Waals surface area (Å²) < 4.78 is 11.6. The second-order valence-electron chi connectivity index (χ2n) is 6.31. The van der Waals surface area contributed by atoms with Crippen molar-refractivity contribution < 1.29 is 9.47 Å². The van der Waals surface area contributed by atoms with Crippen LogP contribution < -0.4 is 10.6 Å². The molecule has 22 heavy (non-hydrogen) atoms. The van der Waals surface area contributed by atoms with Crippen LogP contribution in [0.1, 0.15) is 32.1 Å². The Kier molecular flexibility index (Phi) is 5.64. The Morgan fingerprint density at radius 3 is 2.95 bits per heavy atom. The molecule has 0 bridgehead atoms. The van der Waals surface area contributed by atoms with E-state index in [-0.39, 0.29) is 5.60 Å². The second-order valence-corrected chi connectivity index (χ2v) is 6.31. The molecule has 2 saturated heterocycles. The standard InChI is InChI=1S/C17H27N3O2/c1-3-16(14-18-7-1)20-9-2-8-19-15-4-10-22-17(13-15)5-11-21-12-6-17/h1,3,7,14-15,19-20H,2,4-6,8-13H2/t15-/m0/s1. The van der Waals surface area contributed by atoms with Crippen LogP contribution in [0.5, 0.6) is 0 Å². The summed E-state index contributed by atoms with van der Waals surface area (Å²) >= 11 is 0. The molecule has 122 valence electrons. The molecule has 2 fully saturated rings. The van der Waals surface area contributed by atoms with E-state index in [4.69, 9.17) is 9.47 Å². The lowest BCUT2D eigenvalue weighted by atomic mass is 9.84. The highest BCUT2D eigenvalue weighted by atomic mass is 16.5. The first kappa shape index (κ1) is 15.7. The molecule has 5 nitrogen and oxygen atoms in total. The fourth-order valence-corrected chi connectivity index (χ4v) is 3.39. The number of ether oxygens (including phenoxy) is 2. The van der Waals surface area contributed by atoms with E-state index in [0.717, 1.165) is 70.7 Å². The van der Waals surface area contributed by atoms with Crippen molar-refractivity contribution in [1.29, 1.82) is 0 Å². The van der Waals surface area contributed by atoms with Crippen LogP contribution in [0.2, 0.25) is 0 Å². The molecule has 1 spiro atoms. The van der Waals surface area contributed by atoms with Crippen LogP contribution in [0.4, 0.5) is 5.69 Å². The van der Waals surface area contributed by atoms with Gasteiger partial charge in [-0.2, -0.15) is 0 Å². The maximum Gasteiger partial charge on any atom is 0.0741 e. The van der Waals surface area contributed by atoms with Gasteiger partial charge in [0.25, 0.3) is 0 Å². The number of nitrogens with zero attached hydrogens (tertiary/aromatic N) is 1. The first-order valence-corrected chi connectivity index (χ1v) is 8.45. The lowest BCUT2D eigenvalue weighted by molar-refractivity contribution is -0.140. The van der Waals surface area contributed by atoms with Gasteiger partial charge in [-0.1, -0.05) is 0 Å². The van der Waals surface area contributed by atoms with E-state index >= 15 is 0 Å². The van der Waals surface area contributed by atoms with Crippen molar-refractivity contribution in [3.63, 3.8) is 0 Å². The third-order valence-corrected chi connectivity index (χ3v) is 4.67. The molecule has 0 aliphatic carbocycles. The van der Waals surface area contributed by atoms with E-state index in [1.807, 2.05) is 18.3 Å². The Morgan fingerprint density at radius 2 is 2.14 bits per heavy atom. The van der Waals surface area contributed by atoms with Gasteiger partial charge in [0.15, 0.2) is 0 Å². The molecule has 0 radical (unpaired) electrons. The van der Waals surface area contributed by atoms with Crippen molar-refractivity contribution in [2.45, 2.75) is 43.7 Å². The maximum atomic E-state index is 6.08. The first-order valence-electron chi connectivity index (χ1n) is 8.45. The van der Waals surface area contributed by atoms with Crippen LogP contribution in [0.25, 0.3) is 0 Å². The number of hydrogen-bond acceptors (Lipinski definition) is 5. The van der Waals surface area contributed by atoms with Crippen molar-refractivity contribution in [1.82, 2.24) is 10.3 Å². The highest BCUT2D eigenvalue weighted by Crippen LogP contribution is 2.34. The van der Waals surface area contributed by atoms with Crippen LogP contribution in [0.3, 0.4) is 0 Å². The lowest BCUT2D eigenvalue weighted by Gasteiger charge is -2.43. The molecule has 0 aromatic carbocycles. The van der Waals surface area contributed by atoms with E-state index in [1.54, 1.807) is 6.20 Å². The SMILES string of the molecule is c1cncc(NCCCN[C@H]2CCOC3(CCOCC3)C2)c1. The van der Waals surface area contributed by atoms with Crippen molar-refractivity contribution >= 4 is 5.69 Å². The minimum absolute atomic E-state index is 0.0854. The summed E-state index contributed by atoms with van der Waals surface area (Å²) in [5.74, 6) is 0. The predicted octanol–water partition coefficient (Wildman–Crippen LogP) is 2.20. The Morgan fingerprint density at radius 1 is 1.23 bits per heavy atom. The predicted molar refractivity (Wildman–Crippen MR) is 87.1 cm³/mol. The molecule has 2 N–H and O–H groups in total. The third-order valence-electron chi connectivity index (χ3n) is 4.67. The van der Waals surface area contributed by atoms with E-state index in [1.165, 1.54) is 0 Å². The van der Waals surface area contributed by atoms with Gasteiger partial charge in [-0.25, -0.2) is 0 Å². The quantitative estimate of drug-likeness (QED) is 0.789. The van der Waals surface area contributed by atoms with Crippen LogP contribution in [-0.4, -0.2) is 49.5 Å². The summed E-state index contributed by atoms with van der Waals surface area (Å²) in [4.78, 5) is 4.10. The number of pyridine rings is 1. The van der Waals surface area contributed by atoms with Gasteiger partial charge in [-0.3, -0.25) is 4.98 Å². The van der Waals surface area contributed by atoms with E-state index in [0.29, 0.717) is 6.04 Å². The maximum absolute atomic E-state index is 6.08. The number of aromatic nitrogens is 1. The third kappa shape index (κ3) is 4.41. The monoisotopic (exact) mass is 305 g/mol. The summed E-state index contributed by atoms with van der Waals surface area (Å²) in [6.07, 6.45) is 9.12. The van der Waals surface area contributed by atoms with Gasteiger partial charge in [0, 0.05) is 44.8 Å². The zero-order chi connectivity index (χ0) is 15.1. The fraction of sp³-hybridized carbons (Fsp3) is 0.706. The summed E-state index contributed by atoms with van der Waals surface area (Å²) in [6, 6.07) is 4.59. The molecule has 5 heteroatoms. The van der Waals surface area contributed by atoms with Gasteiger partial charge < -0.3 is 20.1 Å². The Labute approximate surface area is 132 Å².